The molecule has 4 heteroatoms. The highest BCUT2D eigenvalue weighted by atomic mass is 16.5. The number of aryl methyl sites for hydroxylation is 1. The molecule has 1 aromatic carbocycles. The third-order valence-corrected chi connectivity index (χ3v) is 3.84. The zero-order valence-electron chi connectivity index (χ0n) is 15.2. The third-order valence-electron chi connectivity index (χ3n) is 3.84. The fraction of sp³-hybridized carbons (Fsp3) is 0.632. The maximum Gasteiger partial charge on any atom is 0.306 e. The van der Waals surface area contributed by atoms with Gasteiger partial charge in [0.1, 0.15) is 17.6 Å². The molecule has 0 aromatic heterocycles. The fourth-order valence-electron chi connectivity index (χ4n) is 2.70. The van der Waals surface area contributed by atoms with E-state index in [9.17, 15) is 4.79 Å². The fourth-order valence-corrected chi connectivity index (χ4v) is 2.70. The minimum Gasteiger partial charge on any atom is -0.497 e. The van der Waals surface area contributed by atoms with Crippen molar-refractivity contribution in [3.8, 4) is 11.5 Å². The minimum atomic E-state index is -0.118. The summed E-state index contributed by atoms with van der Waals surface area (Å²) in [4.78, 5) is 12.0. The van der Waals surface area contributed by atoms with Crippen LogP contribution in [0.5, 0.6) is 11.5 Å². The molecule has 0 N–H and O–H groups in total. The molecule has 0 spiro atoms. The smallest absolute Gasteiger partial charge is 0.306 e. The van der Waals surface area contributed by atoms with Gasteiger partial charge >= 0.3 is 5.97 Å². The van der Waals surface area contributed by atoms with E-state index in [-0.39, 0.29) is 12.1 Å². The predicted molar refractivity (Wildman–Crippen MR) is 92.0 cm³/mol. The molecule has 1 rings (SSSR count). The van der Waals surface area contributed by atoms with Gasteiger partial charge in [0.2, 0.25) is 0 Å². The molecule has 0 unspecified atom stereocenters. The van der Waals surface area contributed by atoms with Crippen LogP contribution in [-0.4, -0.2) is 26.3 Å². The second kappa shape index (κ2) is 9.43. The van der Waals surface area contributed by atoms with Gasteiger partial charge in [0.15, 0.2) is 0 Å². The van der Waals surface area contributed by atoms with Crippen molar-refractivity contribution in [1.29, 1.82) is 0 Å². The highest BCUT2D eigenvalue weighted by Crippen LogP contribution is 2.24. The van der Waals surface area contributed by atoms with E-state index in [4.69, 9.17) is 14.2 Å². The number of hydrogen-bond acceptors (Lipinski definition) is 4. The van der Waals surface area contributed by atoms with Crippen molar-refractivity contribution in [1.82, 2.24) is 0 Å². The Morgan fingerprint density at radius 2 is 1.48 bits per heavy atom. The van der Waals surface area contributed by atoms with Crippen LogP contribution in [0.4, 0.5) is 0 Å². The summed E-state index contributed by atoms with van der Waals surface area (Å²) in [6.45, 7) is 8.34. The summed E-state index contributed by atoms with van der Waals surface area (Å²) in [7, 11) is 3.27. The number of carbonyl (C=O) groups excluding carboxylic acids is 1. The van der Waals surface area contributed by atoms with Gasteiger partial charge in [-0.2, -0.15) is 0 Å². The lowest BCUT2D eigenvalue weighted by Crippen LogP contribution is -2.28. The maximum absolute atomic E-state index is 12.0. The summed E-state index contributed by atoms with van der Waals surface area (Å²) in [5, 5.41) is 0. The van der Waals surface area contributed by atoms with Crippen LogP contribution < -0.4 is 9.47 Å². The second-order valence-corrected chi connectivity index (χ2v) is 6.52. The average Bonchev–Trinajstić information content (AvgIpc) is 2.51. The average molecular weight is 322 g/mol. The van der Waals surface area contributed by atoms with Crippen LogP contribution in [0, 0.1) is 11.8 Å². The molecular formula is C19H30O4. The largest absolute Gasteiger partial charge is 0.497 e. The molecule has 0 aliphatic heterocycles. The summed E-state index contributed by atoms with van der Waals surface area (Å²) < 4.78 is 16.1. The first-order valence-corrected chi connectivity index (χ1v) is 8.28. The van der Waals surface area contributed by atoms with Gasteiger partial charge in [-0.05, 0) is 42.4 Å². The first-order chi connectivity index (χ1) is 10.9. The van der Waals surface area contributed by atoms with E-state index in [1.807, 2.05) is 18.2 Å². The van der Waals surface area contributed by atoms with E-state index < -0.39 is 0 Å². The van der Waals surface area contributed by atoms with E-state index >= 15 is 0 Å². The summed E-state index contributed by atoms with van der Waals surface area (Å²) in [5.74, 6) is 2.08. The zero-order valence-corrected chi connectivity index (χ0v) is 15.2. The standard InChI is InChI=1S/C19H30O4/c1-13(2)19(14(3)4)23-18(20)9-7-8-15-10-16(21-5)12-17(11-15)22-6/h10-14,19H,7-9H2,1-6H3. The van der Waals surface area contributed by atoms with E-state index in [0.29, 0.717) is 18.3 Å². The van der Waals surface area contributed by atoms with Crippen LogP contribution in [0.25, 0.3) is 0 Å². The van der Waals surface area contributed by atoms with Crippen LogP contribution in [0.15, 0.2) is 18.2 Å². The number of benzene rings is 1. The van der Waals surface area contributed by atoms with Gasteiger partial charge in [-0.15, -0.1) is 0 Å². The lowest BCUT2D eigenvalue weighted by molar-refractivity contribution is -0.154. The third kappa shape index (κ3) is 6.51. The SMILES string of the molecule is COc1cc(CCCC(=O)OC(C(C)C)C(C)C)cc(OC)c1. The monoisotopic (exact) mass is 322 g/mol. The van der Waals surface area contributed by atoms with Gasteiger partial charge in [-0.1, -0.05) is 27.7 Å². The van der Waals surface area contributed by atoms with Crippen molar-refractivity contribution in [2.45, 2.75) is 53.1 Å². The van der Waals surface area contributed by atoms with Gasteiger partial charge in [-0.25, -0.2) is 0 Å². The Hall–Kier alpha value is -1.71. The minimum absolute atomic E-state index is 0.0144. The predicted octanol–water partition coefficient (Wildman–Crippen LogP) is 4.25. The molecular weight excluding hydrogens is 292 g/mol. The molecule has 23 heavy (non-hydrogen) atoms. The lowest BCUT2D eigenvalue weighted by atomic mass is 9.96. The number of rotatable bonds is 9. The highest BCUT2D eigenvalue weighted by molar-refractivity contribution is 5.69. The molecule has 0 radical (unpaired) electrons. The van der Waals surface area contributed by atoms with Gasteiger partial charge in [0.25, 0.3) is 0 Å². The maximum atomic E-state index is 12.0. The summed E-state index contributed by atoms with van der Waals surface area (Å²) in [5.41, 5.74) is 1.10. The number of carbonyl (C=O) groups is 1. The van der Waals surface area contributed by atoms with Crippen LogP contribution in [0.3, 0.4) is 0 Å². The van der Waals surface area contributed by atoms with Crippen molar-refractivity contribution in [3.63, 3.8) is 0 Å². The number of methoxy groups -OCH3 is 2. The number of esters is 1. The van der Waals surface area contributed by atoms with E-state index in [1.54, 1.807) is 14.2 Å². The van der Waals surface area contributed by atoms with Gasteiger partial charge < -0.3 is 14.2 Å². The number of hydrogen-bond donors (Lipinski definition) is 0. The van der Waals surface area contributed by atoms with Crippen molar-refractivity contribution in [2.24, 2.45) is 11.8 Å². The van der Waals surface area contributed by atoms with E-state index in [0.717, 1.165) is 29.9 Å². The molecule has 0 fully saturated rings. The molecule has 0 bridgehead atoms. The quantitative estimate of drug-likeness (QED) is 0.638. The first kappa shape index (κ1) is 19.3. The molecule has 0 atom stereocenters. The number of ether oxygens (including phenoxy) is 3. The normalized spacial score (nSPS) is 11.2. The Morgan fingerprint density at radius 3 is 1.91 bits per heavy atom. The Morgan fingerprint density at radius 1 is 0.957 bits per heavy atom. The molecule has 0 heterocycles. The van der Waals surface area contributed by atoms with E-state index in [2.05, 4.69) is 27.7 Å². The van der Waals surface area contributed by atoms with Gasteiger partial charge in [-0.3, -0.25) is 4.79 Å². The Bertz CT molecular complexity index is 464. The Kier molecular flexibility index (Phi) is 7.93. The van der Waals surface area contributed by atoms with Crippen LogP contribution in [-0.2, 0) is 16.0 Å². The summed E-state index contributed by atoms with van der Waals surface area (Å²) in [6, 6.07) is 5.78. The van der Waals surface area contributed by atoms with Crippen LogP contribution in [0.1, 0.15) is 46.1 Å². The van der Waals surface area contributed by atoms with Crippen molar-refractivity contribution >= 4 is 5.97 Å². The molecule has 0 aliphatic carbocycles. The van der Waals surface area contributed by atoms with Crippen LogP contribution in [0.2, 0.25) is 0 Å². The van der Waals surface area contributed by atoms with Crippen molar-refractivity contribution in [2.75, 3.05) is 14.2 Å². The molecule has 130 valence electrons. The van der Waals surface area contributed by atoms with Gasteiger partial charge in [0.05, 0.1) is 14.2 Å². The molecule has 1 aromatic rings. The topological polar surface area (TPSA) is 44.8 Å². The first-order valence-electron chi connectivity index (χ1n) is 8.28. The molecule has 0 aliphatic rings. The molecule has 4 nitrogen and oxygen atoms in total. The zero-order chi connectivity index (χ0) is 17.4. The molecule has 0 saturated heterocycles. The second-order valence-electron chi connectivity index (χ2n) is 6.52. The van der Waals surface area contributed by atoms with Crippen LogP contribution >= 0.6 is 0 Å². The van der Waals surface area contributed by atoms with Gasteiger partial charge in [0, 0.05) is 12.5 Å². The van der Waals surface area contributed by atoms with Crippen molar-refractivity contribution < 1.29 is 19.0 Å². The highest BCUT2D eigenvalue weighted by Gasteiger charge is 2.21. The Balaban J connectivity index is 2.51. The Labute approximate surface area is 140 Å². The molecule has 0 saturated carbocycles. The lowest BCUT2D eigenvalue weighted by Gasteiger charge is -2.24. The van der Waals surface area contributed by atoms with E-state index in [1.165, 1.54) is 0 Å². The van der Waals surface area contributed by atoms with Crippen molar-refractivity contribution in [3.05, 3.63) is 23.8 Å². The summed E-state index contributed by atoms with van der Waals surface area (Å²) in [6.07, 6.45) is 1.95. The molecule has 0 amide bonds. The summed E-state index contributed by atoms with van der Waals surface area (Å²) >= 11 is 0.